The molecule has 1 aromatic rings. The van der Waals surface area contributed by atoms with Crippen LogP contribution in [0.4, 0.5) is 10.5 Å². The molecule has 0 atom stereocenters. The summed E-state index contributed by atoms with van der Waals surface area (Å²) in [5.74, 6) is 0. The summed E-state index contributed by atoms with van der Waals surface area (Å²) >= 11 is 0. The molecule has 7 heteroatoms. The molecule has 108 valence electrons. The largest absolute Gasteiger partial charge is 0.351 e. The number of carbonyl (C=O) groups is 1. The van der Waals surface area contributed by atoms with Gasteiger partial charge in [0.15, 0.2) is 0 Å². The summed E-state index contributed by atoms with van der Waals surface area (Å²) < 4.78 is 0. The summed E-state index contributed by atoms with van der Waals surface area (Å²) in [6.07, 6.45) is 1.62. The predicted octanol–water partition coefficient (Wildman–Crippen LogP) is 1.23. The molecule has 1 aliphatic heterocycles. The lowest BCUT2D eigenvalue weighted by Crippen LogP contribution is -2.46. The first-order chi connectivity index (χ1) is 9.58. The molecule has 0 unspecified atom stereocenters. The van der Waals surface area contributed by atoms with Crippen molar-refractivity contribution < 1.29 is 9.72 Å². The van der Waals surface area contributed by atoms with Gasteiger partial charge in [0, 0.05) is 37.3 Å². The standard InChI is InChI=1S/C13H18N4O3/c14-13(18)16-7-5-11(6-8-16)15-9-10-3-1-2-4-12(10)17(19)20/h1-4,11,15H,5-9H2,(H2,14,18). The van der Waals surface area contributed by atoms with Crippen LogP contribution in [-0.4, -0.2) is 35.0 Å². The second-order valence-electron chi connectivity index (χ2n) is 4.87. The van der Waals surface area contributed by atoms with Gasteiger partial charge in [0.05, 0.1) is 4.92 Å². The van der Waals surface area contributed by atoms with E-state index in [4.69, 9.17) is 5.73 Å². The molecule has 2 rings (SSSR count). The van der Waals surface area contributed by atoms with Crippen molar-refractivity contribution in [3.8, 4) is 0 Å². The quantitative estimate of drug-likeness (QED) is 0.638. The van der Waals surface area contributed by atoms with Crippen LogP contribution in [0.15, 0.2) is 24.3 Å². The third-order valence-corrected chi connectivity index (χ3v) is 3.58. The monoisotopic (exact) mass is 278 g/mol. The Labute approximate surface area is 116 Å². The number of benzene rings is 1. The third kappa shape index (κ3) is 3.45. The number of carbonyl (C=O) groups excluding carboxylic acids is 1. The van der Waals surface area contributed by atoms with Gasteiger partial charge in [-0.25, -0.2) is 4.79 Å². The minimum Gasteiger partial charge on any atom is -0.351 e. The fourth-order valence-corrected chi connectivity index (χ4v) is 2.40. The van der Waals surface area contributed by atoms with Gasteiger partial charge in [-0.1, -0.05) is 18.2 Å². The first kappa shape index (κ1) is 14.3. The van der Waals surface area contributed by atoms with Gasteiger partial charge in [-0.05, 0) is 12.8 Å². The SMILES string of the molecule is NC(=O)N1CCC(NCc2ccccc2[N+](=O)[O-])CC1. The lowest BCUT2D eigenvalue weighted by atomic mass is 10.0. The molecule has 20 heavy (non-hydrogen) atoms. The maximum atomic E-state index is 11.0. The normalized spacial score (nSPS) is 16.1. The van der Waals surface area contributed by atoms with E-state index in [0.29, 0.717) is 25.2 Å². The molecule has 3 N–H and O–H groups in total. The van der Waals surface area contributed by atoms with Gasteiger partial charge >= 0.3 is 6.03 Å². The Bertz CT molecular complexity index is 498. The van der Waals surface area contributed by atoms with Crippen LogP contribution in [0.3, 0.4) is 0 Å². The molecule has 1 saturated heterocycles. The summed E-state index contributed by atoms with van der Waals surface area (Å²) in [4.78, 5) is 23.2. The number of primary amides is 1. The molecular weight excluding hydrogens is 260 g/mol. The lowest BCUT2D eigenvalue weighted by molar-refractivity contribution is -0.385. The molecule has 1 aromatic carbocycles. The number of hydrogen-bond donors (Lipinski definition) is 2. The minimum absolute atomic E-state index is 0.134. The molecule has 1 aliphatic rings. The highest BCUT2D eigenvalue weighted by atomic mass is 16.6. The van der Waals surface area contributed by atoms with Crippen LogP contribution in [0.25, 0.3) is 0 Å². The van der Waals surface area contributed by atoms with Crippen molar-refractivity contribution >= 4 is 11.7 Å². The number of nitrogens with zero attached hydrogens (tertiary/aromatic N) is 2. The minimum atomic E-state index is -0.387. The molecule has 0 bridgehead atoms. The smallest absolute Gasteiger partial charge is 0.314 e. The Hall–Kier alpha value is -2.15. The molecule has 0 spiro atoms. The molecule has 0 aliphatic carbocycles. The number of nitro benzene ring substituents is 1. The van der Waals surface area contributed by atoms with Crippen molar-refractivity contribution in [3.05, 3.63) is 39.9 Å². The van der Waals surface area contributed by atoms with Crippen LogP contribution in [0, 0.1) is 10.1 Å². The number of rotatable bonds is 4. The van der Waals surface area contributed by atoms with Crippen LogP contribution in [-0.2, 0) is 6.54 Å². The van der Waals surface area contributed by atoms with Crippen molar-refractivity contribution in [3.63, 3.8) is 0 Å². The van der Waals surface area contributed by atoms with E-state index < -0.39 is 0 Å². The van der Waals surface area contributed by atoms with Gasteiger partial charge in [0.1, 0.15) is 0 Å². The maximum absolute atomic E-state index is 11.0. The Morgan fingerprint density at radius 3 is 2.65 bits per heavy atom. The second kappa shape index (κ2) is 6.33. The van der Waals surface area contributed by atoms with Crippen LogP contribution >= 0.6 is 0 Å². The molecule has 0 aromatic heterocycles. The van der Waals surface area contributed by atoms with E-state index in [1.54, 1.807) is 23.1 Å². The average Bonchev–Trinajstić information content (AvgIpc) is 2.45. The summed E-state index contributed by atoms with van der Waals surface area (Å²) in [5, 5.41) is 14.2. The number of urea groups is 1. The van der Waals surface area contributed by atoms with Crippen molar-refractivity contribution in [2.45, 2.75) is 25.4 Å². The zero-order chi connectivity index (χ0) is 14.5. The molecule has 0 radical (unpaired) electrons. The topological polar surface area (TPSA) is 102 Å². The van der Waals surface area contributed by atoms with Gasteiger partial charge in [-0.2, -0.15) is 0 Å². The predicted molar refractivity (Wildman–Crippen MR) is 74.1 cm³/mol. The zero-order valence-corrected chi connectivity index (χ0v) is 11.1. The highest BCUT2D eigenvalue weighted by Gasteiger charge is 2.21. The Morgan fingerprint density at radius 2 is 2.05 bits per heavy atom. The maximum Gasteiger partial charge on any atom is 0.314 e. The van der Waals surface area contributed by atoms with Crippen molar-refractivity contribution in [2.75, 3.05) is 13.1 Å². The van der Waals surface area contributed by atoms with Gasteiger partial charge in [0.2, 0.25) is 0 Å². The van der Waals surface area contributed by atoms with E-state index in [0.717, 1.165) is 12.8 Å². The van der Waals surface area contributed by atoms with Crippen LogP contribution in [0.2, 0.25) is 0 Å². The molecule has 2 amide bonds. The van der Waals surface area contributed by atoms with E-state index in [-0.39, 0.29) is 22.7 Å². The van der Waals surface area contributed by atoms with Crippen molar-refractivity contribution in [2.24, 2.45) is 5.73 Å². The van der Waals surface area contributed by atoms with Crippen LogP contribution in [0.1, 0.15) is 18.4 Å². The highest BCUT2D eigenvalue weighted by Crippen LogP contribution is 2.18. The van der Waals surface area contributed by atoms with Crippen LogP contribution in [0.5, 0.6) is 0 Å². The third-order valence-electron chi connectivity index (χ3n) is 3.58. The molecule has 1 fully saturated rings. The van der Waals surface area contributed by atoms with Crippen molar-refractivity contribution in [1.82, 2.24) is 10.2 Å². The van der Waals surface area contributed by atoms with Gasteiger partial charge < -0.3 is 16.0 Å². The average molecular weight is 278 g/mol. The fraction of sp³-hybridized carbons (Fsp3) is 0.462. The Morgan fingerprint density at radius 1 is 1.40 bits per heavy atom. The summed E-state index contributed by atoms with van der Waals surface area (Å²) in [6, 6.07) is 6.58. The zero-order valence-electron chi connectivity index (χ0n) is 11.1. The van der Waals surface area contributed by atoms with E-state index in [9.17, 15) is 14.9 Å². The second-order valence-corrected chi connectivity index (χ2v) is 4.87. The number of nitrogens with one attached hydrogen (secondary N) is 1. The van der Waals surface area contributed by atoms with E-state index in [1.807, 2.05) is 0 Å². The summed E-state index contributed by atoms with van der Waals surface area (Å²) in [5.41, 5.74) is 6.03. The number of likely N-dealkylation sites (tertiary alicyclic amines) is 1. The lowest BCUT2D eigenvalue weighted by Gasteiger charge is -2.31. The number of hydrogen-bond acceptors (Lipinski definition) is 4. The van der Waals surface area contributed by atoms with E-state index in [1.165, 1.54) is 6.07 Å². The number of nitrogens with two attached hydrogens (primary N) is 1. The van der Waals surface area contributed by atoms with Crippen molar-refractivity contribution in [1.29, 1.82) is 0 Å². The molecule has 0 saturated carbocycles. The van der Waals surface area contributed by atoms with Crippen LogP contribution < -0.4 is 11.1 Å². The number of nitro groups is 1. The first-order valence-electron chi connectivity index (χ1n) is 6.58. The molecule has 1 heterocycles. The molecule has 7 nitrogen and oxygen atoms in total. The van der Waals surface area contributed by atoms with Gasteiger partial charge in [0.25, 0.3) is 5.69 Å². The summed E-state index contributed by atoms with van der Waals surface area (Å²) in [6.45, 7) is 1.71. The van der Waals surface area contributed by atoms with E-state index in [2.05, 4.69) is 5.32 Å². The Balaban J connectivity index is 1.88. The number of amides is 2. The summed E-state index contributed by atoms with van der Waals surface area (Å²) in [7, 11) is 0. The number of para-hydroxylation sites is 1. The molecular formula is C13H18N4O3. The van der Waals surface area contributed by atoms with Gasteiger partial charge in [-0.15, -0.1) is 0 Å². The Kier molecular flexibility index (Phi) is 4.52. The fourth-order valence-electron chi connectivity index (χ4n) is 2.40. The highest BCUT2D eigenvalue weighted by molar-refractivity contribution is 5.72. The van der Waals surface area contributed by atoms with E-state index >= 15 is 0 Å². The number of piperidine rings is 1. The first-order valence-corrected chi connectivity index (χ1v) is 6.58. The van der Waals surface area contributed by atoms with Gasteiger partial charge in [-0.3, -0.25) is 10.1 Å².